The van der Waals surface area contributed by atoms with Crippen LogP contribution in [0, 0.1) is 41.4 Å². The van der Waals surface area contributed by atoms with Gasteiger partial charge < -0.3 is 28.4 Å². The van der Waals surface area contributed by atoms with Crippen molar-refractivity contribution in [1.82, 2.24) is 0 Å². The fourth-order valence-corrected chi connectivity index (χ4v) is 14.9. The molecule has 0 saturated heterocycles. The molecule has 0 N–H and O–H groups in total. The average molecular weight is 1750 g/mol. The number of hydrogen-bond acceptors (Lipinski definition) is 11. The Morgan fingerprint density at radius 2 is 0.390 bits per heavy atom. The second-order valence-electron chi connectivity index (χ2n) is 39.7. The van der Waals surface area contributed by atoms with E-state index in [9.17, 15) is 24.0 Å². The first-order valence-electron chi connectivity index (χ1n) is 54.8. The summed E-state index contributed by atoms with van der Waals surface area (Å²) >= 11 is 0. The molecule has 0 aliphatic heterocycles. The third-order valence-electron chi connectivity index (χ3n) is 23.0. The van der Waals surface area contributed by atoms with Gasteiger partial charge in [-0.1, -0.05) is 492 Å². The van der Waals surface area contributed by atoms with E-state index in [1.165, 1.54) is 385 Å². The molecule has 0 aliphatic rings. The van der Waals surface area contributed by atoms with Gasteiger partial charge in [-0.2, -0.15) is 0 Å². The summed E-state index contributed by atoms with van der Waals surface area (Å²) in [5.41, 5.74) is 0. The second kappa shape index (κ2) is 112. The fraction of sp³-hybridized carbons (Fsp3) is 0.955. The van der Waals surface area contributed by atoms with Crippen molar-refractivity contribution < 1.29 is 52.4 Å². The van der Waals surface area contributed by atoms with Crippen molar-refractivity contribution in [3.63, 3.8) is 0 Å². The number of unbranched alkanes of at least 4 members (excludes halogenated alkanes) is 52. The van der Waals surface area contributed by atoms with Crippen LogP contribution in [0.5, 0.6) is 0 Å². The molecule has 0 aromatic rings. The largest absolute Gasteiger partial charge is 0.466 e. The molecule has 0 bridgehead atoms. The zero-order chi connectivity index (χ0) is 92.8. The van der Waals surface area contributed by atoms with Crippen LogP contribution in [0.2, 0.25) is 0 Å². The van der Waals surface area contributed by atoms with Crippen molar-refractivity contribution in [2.75, 3.05) is 33.0 Å². The van der Waals surface area contributed by atoms with Gasteiger partial charge in [-0.3, -0.25) is 24.0 Å². The molecule has 0 heterocycles. The lowest BCUT2D eigenvalue weighted by atomic mass is 10.0. The van der Waals surface area contributed by atoms with Crippen molar-refractivity contribution in [3.8, 4) is 0 Å². The summed E-state index contributed by atoms with van der Waals surface area (Å²) < 4.78 is 32.9. The first-order valence-corrected chi connectivity index (χ1v) is 54.8. The van der Waals surface area contributed by atoms with E-state index in [-0.39, 0.29) is 42.1 Å². The molecule has 0 spiro atoms. The molecule has 0 fully saturated rings. The first-order chi connectivity index (χ1) is 59.4. The van der Waals surface area contributed by atoms with E-state index >= 15 is 0 Å². The molecule has 11 nitrogen and oxygen atoms in total. The van der Waals surface area contributed by atoms with Crippen molar-refractivity contribution in [2.24, 2.45) is 41.4 Å². The van der Waals surface area contributed by atoms with E-state index in [2.05, 4.69) is 104 Å². The van der Waals surface area contributed by atoms with Crippen LogP contribution in [0.15, 0.2) is 0 Å². The number of esters is 5. The smallest absolute Gasteiger partial charge is 0.306 e. The molecule has 0 radical (unpaired) electrons. The van der Waals surface area contributed by atoms with Gasteiger partial charge in [0.25, 0.3) is 0 Å². The van der Waals surface area contributed by atoms with Gasteiger partial charge in [0.15, 0.2) is 0 Å². The minimum Gasteiger partial charge on any atom is -0.466 e. The van der Waals surface area contributed by atoms with E-state index in [4.69, 9.17) is 28.4 Å². The number of carbonyl (C=O) groups is 5. The highest BCUT2D eigenvalue weighted by Crippen LogP contribution is 2.23. The minimum atomic E-state index is -0.0417. The minimum absolute atomic E-state index is 0.00645. The third-order valence-corrected chi connectivity index (χ3v) is 23.0. The van der Waals surface area contributed by atoms with Crippen LogP contribution in [0.1, 0.15) is 608 Å². The van der Waals surface area contributed by atoms with Gasteiger partial charge in [0.1, 0.15) is 12.2 Å². The highest BCUT2D eigenvalue weighted by molar-refractivity contribution is 5.71. The van der Waals surface area contributed by atoms with E-state index in [1.54, 1.807) is 0 Å². The number of carbonyl (C=O) groups excluding carboxylic acids is 5. The maximum absolute atomic E-state index is 12.1. The van der Waals surface area contributed by atoms with Crippen molar-refractivity contribution in [2.45, 2.75) is 620 Å². The molecule has 740 valence electrons. The van der Waals surface area contributed by atoms with Crippen molar-refractivity contribution >= 4 is 29.8 Å². The monoisotopic (exact) mass is 1750 g/mol. The van der Waals surface area contributed by atoms with Gasteiger partial charge in [0.05, 0.1) is 19.8 Å². The highest BCUT2D eigenvalue weighted by Gasteiger charge is 2.18. The number of ether oxygens (including phenoxy) is 6. The van der Waals surface area contributed by atoms with E-state index < -0.39 is 0 Å². The molecule has 0 saturated carbocycles. The molecule has 0 aromatic heterocycles. The summed E-state index contributed by atoms with van der Waals surface area (Å²) in [5, 5.41) is 0. The zero-order valence-corrected chi connectivity index (χ0v) is 87.6. The average Bonchev–Trinajstić information content (AvgIpc) is 0.982. The molecule has 0 aliphatic carbocycles. The molecule has 1 atom stereocenters. The number of rotatable bonds is 86. The third kappa shape index (κ3) is 128. The van der Waals surface area contributed by atoms with Gasteiger partial charge in [0, 0.05) is 45.3 Å². The Bertz CT molecular complexity index is 1980. The Kier molecular flexibility index (Phi) is 119. The predicted octanol–water partition coefficient (Wildman–Crippen LogP) is 37.2. The van der Waals surface area contributed by atoms with Crippen LogP contribution in [-0.4, -0.2) is 75.1 Å². The lowest BCUT2D eigenvalue weighted by molar-refractivity contribution is -0.151. The SMILES string of the molecule is CCCCC(CC)COC(=O)CC(C)C.CCCCCCCCC(CCCCCCCC)OC(=O)CC(C)C.CCCCCCCCCC(CCCCCCCCC)OC(=O)CC(C)C.CCCCCCCCCCCCCCCCOCCC(C)C.CCCCCCCCCCCCOC(=O)CC(C)C.CCCCCCCCCCOC(=O)CC(C)C. The maximum atomic E-state index is 12.1. The first kappa shape index (κ1) is 131. The normalized spacial score (nSPS) is 11.5. The van der Waals surface area contributed by atoms with Crippen LogP contribution in [0.3, 0.4) is 0 Å². The van der Waals surface area contributed by atoms with Crippen molar-refractivity contribution in [1.29, 1.82) is 0 Å². The molecular weight excluding hydrogens is 1520 g/mol. The maximum Gasteiger partial charge on any atom is 0.306 e. The van der Waals surface area contributed by atoms with Gasteiger partial charge >= 0.3 is 29.8 Å². The van der Waals surface area contributed by atoms with Crippen LogP contribution in [0.25, 0.3) is 0 Å². The van der Waals surface area contributed by atoms with E-state index in [0.717, 1.165) is 64.1 Å². The van der Waals surface area contributed by atoms with Gasteiger partial charge in [-0.05, 0) is 125 Å². The molecule has 123 heavy (non-hydrogen) atoms. The van der Waals surface area contributed by atoms with Crippen LogP contribution >= 0.6 is 0 Å². The van der Waals surface area contributed by atoms with Crippen LogP contribution in [0.4, 0.5) is 0 Å². The summed E-state index contributed by atoms with van der Waals surface area (Å²) in [6.45, 7) is 49.0. The Morgan fingerprint density at radius 3 is 0.610 bits per heavy atom. The Hall–Kier alpha value is -2.69. The molecule has 0 amide bonds. The molecular formula is C112H226O11. The highest BCUT2D eigenvalue weighted by atomic mass is 16.6. The Labute approximate surface area is 772 Å². The summed E-state index contributed by atoms with van der Waals surface area (Å²) in [4.78, 5) is 57.9. The standard InChI is InChI=1S/C24H48O2.C22H44O2.C21H44O.C17H34O2.C15H30O2.C13H26O2/c1-5-7-9-11-13-15-17-19-23(26-24(25)21-22(3)4)20-18-16-14-12-10-8-6-2;1-5-7-9-11-13-15-17-21(24-22(23)19-20(3)4)18-16-14-12-10-8-6-2;1-4-5-6-7-8-9-10-11-12-13-14-15-16-17-19-22-20-18-21(2)3;1-4-5-6-7-8-9-10-11-12-13-14-19-17(18)15-16(2)3;1-4-5-6-7-8-9-10-11-12-17-15(16)13-14(2)3;1-5-7-8-12(6-2)10-15-13(14)9-11(3)4/h22-23H,5-21H2,1-4H3;20-21H,5-19H2,1-4H3;21H,4-20H2,1-3H3;16H,4-15H2,1-3H3;14H,4-13H2,1-3H3;11-12H,5-10H2,1-4H3. The molecule has 11 heteroatoms. The quantitative estimate of drug-likeness (QED) is 0.0326. The summed E-state index contributed by atoms with van der Waals surface area (Å²) in [5.74, 6) is 3.21. The zero-order valence-electron chi connectivity index (χ0n) is 87.6. The lowest BCUT2D eigenvalue weighted by Crippen LogP contribution is -2.19. The second-order valence-corrected chi connectivity index (χ2v) is 39.7. The van der Waals surface area contributed by atoms with Gasteiger partial charge in [0.2, 0.25) is 0 Å². The summed E-state index contributed by atoms with van der Waals surface area (Å²) in [6, 6.07) is 0. The Morgan fingerprint density at radius 1 is 0.187 bits per heavy atom. The lowest BCUT2D eigenvalue weighted by Gasteiger charge is -2.19. The fourth-order valence-electron chi connectivity index (χ4n) is 14.9. The molecule has 0 rings (SSSR count). The summed E-state index contributed by atoms with van der Waals surface area (Å²) in [7, 11) is 0. The van der Waals surface area contributed by atoms with E-state index in [0.29, 0.717) is 87.4 Å². The van der Waals surface area contributed by atoms with Crippen LogP contribution in [-0.2, 0) is 52.4 Å². The topological polar surface area (TPSA) is 141 Å². The Balaban J connectivity index is -0.000000337. The molecule has 0 aromatic carbocycles. The molecule has 1 unspecified atom stereocenters. The summed E-state index contributed by atoms with van der Waals surface area (Å²) in [6.07, 6.45) is 90.8. The van der Waals surface area contributed by atoms with Gasteiger partial charge in [-0.15, -0.1) is 0 Å². The predicted molar refractivity (Wildman–Crippen MR) is 539 cm³/mol. The van der Waals surface area contributed by atoms with E-state index in [1.807, 2.05) is 41.5 Å². The van der Waals surface area contributed by atoms with Crippen LogP contribution < -0.4 is 0 Å². The van der Waals surface area contributed by atoms with Crippen molar-refractivity contribution in [3.05, 3.63) is 0 Å². The van der Waals surface area contributed by atoms with Gasteiger partial charge in [-0.25, -0.2) is 0 Å². The number of hydrogen-bond donors (Lipinski definition) is 0.